The lowest BCUT2D eigenvalue weighted by atomic mass is 10.2. The Morgan fingerprint density at radius 1 is 1.45 bits per heavy atom. The van der Waals surface area contributed by atoms with Crippen LogP contribution in [0.15, 0.2) is 18.2 Å². The lowest BCUT2D eigenvalue weighted by Gasteiger charge is -2.07. The third kappa shape index (κ3) is 4.18. The molecule has 0 aromatic heterocycles. The first kappa shape index (κ1) is 15.9. The molecule has 1 atom stereocenters. The lowest BCUT2D eigenvalue weighted by Crippen LogP contribution is -2.30. The third-order valence-electron chi connectivity index (χ3n) is 2.39. The number of rotatable bonds is 6. The molecule has 0 fully saturated rings. The number of amides is 1. The number of nitro groups is 1. The summed E-state index contributed by atoms with van der Waals surface area (Å²) < 4.78 is 0. The Labute approximate surface area is 118 Å². The van der Waals surface area contributed by atoms with Crippen LogP contribution in [-0.2, 0) is 4.79 Å². The Kier molecular flexibility index (Phi) is 5.42. The molecule has 1 aromatic carbocycles. The van der Waals surface area contributed by atoms with Crippen molar-refractivity contribution in [1.82, 2.24) is 5.32 Å². The molecular formula is C11H11ClN2O6. The summed E-state index contributed by atoms with van der Waals surface area (Å²) in [6.07, 6.45) is -1.74. The summed E-state index contributed by atoms with van der Waals surface area (Å²) in [5, 5.41) is 30.4. The van der Waals surface area contributed by atoms with Gasteiger partial charge in [-0.3, -0.25) is 14.9 Å². The number of nitrogens with one attached hydrogen (secondary N) is 1. The predicted molar refractivity (Wildman–Crippen MR) is 68.7 cm³/mol. The SMILES string of the molecule is O=C(NCC[C@H](O)C(=O)O)c1ccc(Cl)c([N+](=O)[O-])c1. The summed E-state index contributed by atoms with van der Waals surface area (Å²) >= 11 is 5.60. The molecule has 0 aliphatic heterocycles. The Morgan fingerprint density at radius 3 is 2.65 bits per heavy atom. The predicted octanol–water partition coefficient (Wildman–Crippen LogP) is 0.814. The molecule has 0 heterocycles. The molecule has 0 saturated heterocycles. The fourth-order valence-electron chi connectivity index (χ4n) is 1.34. The van der Waals surface area contributed by atoms with Crippen LogP contribution in [0.25, 0.3) is 0 Å². The average Bonchev–Trinajstić information content (AvgIpc) is 2.38. The van der Waals surface area contributed by atoms with Crippen molar-refractivity contribution < 1.29 is 24.7 Å². The van der Waals surface area contributed by atoms with Crippen LogP contribution < -0.4 is 5.32 Å². The Balaban J connectivity index is 2.67. The molecular weight excluding hydrogens is 292 g/mol. The van der Waals surface area contributed by atoms with E-state index in [9.17, 15) is 19.7 Å². The van der Waals surface area contributed by atoms with Crippen molar-refractivity contribution in [1.29, 1.82) is 0 Å². The van der Waals surface area contributed by atoms with Gasteiger partial charge in [-0.1, -0.05) is 11.6 Å². The molecule has 0 aliphatic carbocycles. The maximum absolute atomic E-state index is 11.7. The average molecular weight is 303 g/mol. The van der Waals surface area contributed by atoms with Gasteiger partial charge in [0, 0.05) is 24.6 Å². The summed E-state index contributed by atoms with van der Waals surface area (Å²) in [6, 6.07) is 3.55. The Hall–Kier alpha value is -2.19. The molecule has 8 nitrogen and oxygen atoms in total. The van der Waals surface area contributed by atoms with Gasteiger partial charge >= 0.3 is 5.97 Å². The highest BCUT2D eigenvalue weighted by Gasteiger charge is 2.17. The highest BCUT2D eigenvalue weighted by molar-refractivity contribution is 6.32. The smallest absolute Gasteiger partial charge is 0.332 e. The van der Waals surface area contributed by atoms with Gasteiger partial charge in [-0.05, 0) is 12.1 Å². The molecule has 3 N–H and O–H groups in total. The summed E-state index contributed by atoms with van der Waals surface area (Å²) in [5.74, 6) is -2.01. The van der Waals surface area contributed by atoms with Gasteiger partial charge in [-0.2, -0.15) is 0 Å². The van der Waals surface area contributed by atoms with Gasteiger partial charge in [0.05, 0.1) is 4.92 Å². The standard InChI is InChI=1S/C11H11ClN2O6/c12-7-2-1-6(5-8(7)14(19)20)10(16)13-4-3-9(15)11(17)18/h1-2,5,9,15H,3-4H2,(H,13,16)(H,17,18)/t9-/m0/s1. The number of carboxylic acids is 1. The van der Waals surface area contributed by atoms with E-state index >= 15 is 0 Å². The van der Waals surface area contributed by atoms with Crippen LogP contribution in [0.4, 0.5) is 5.69 Å². The van der Waals surface area contributed by atoms with Gasteiger partial charge in [-0.25, -0.2) is 4.79 Å². The number of carbonyl (C=O) groups excluding carboxylic acids is 1. The highest BCUT2D eigenvalue weighted by atomic mass is 35.5. The molecule has 0 radical (unpaired) electrons. The van der Waals surface area contributed by atoms with E-state index in [2.05, 4.69) is 5.32 Å². The summed E-state index contributed by atoms with van der Waals surface area (Å²) in [4.78, 5) is 32.0. The molecule has 0 unspecified atom stereocenters. The minimum absolute atomic E-state index is 0.0194. The van der Waals surface area contributed by atoms with E-state index in [0.29, 0.717) is 0 Å². The van der Waals surface area contributed by atoms with Crippen LogP contribution in [0.3, 0.4) is 0 Å². The molecule has 0 spiro atoms. The molecule has 20 heavy (non-hydrogen) atoms. The van der Waals surface area contributed by atoms with Crippen LogP contribution in [0.5, 0.6) is 0 Å². The van der Waals surface area contributed by atoms with Crippen molar-refractivity contribution in [2.75, 3.05) is 6.54 Å². The van der Waals surface area contributed by atoms with Crippen LogP contribution in [-0.4, -0.2) is 39.7 Å². The fourth-order valence-corrected chi connectivity index (χ4v) is 1.53. The molecule has 0 saturated carbocycles. The van der Waals surface area contributed by atoms with Crippen LogP contribution in [0.1, 0.15) is 16.8 Å². The second kappa shape index (κ2) is 6.83. The molecule has 1 amide bonds. The van der Waals surface area contributed by atoms with Crippen LogP contribution in [0.2, 0.25) is 5.02 Å². The van der Waals surface area contributed by atoms with E-state index in [1.54, 1.807) is 0 Å². The molecule has 108 valence electrons. The number of nitro benzene ring substituents is 1. The van der Waals surface area contributed by atoms with Gasteiger partial charge < -0.3 is 15.5 Å². The molecule has 1 rings (SSSR count). The monoisotopic (exact) mass is 302 g/mol. The van der Waals surface area contributed by atoms with Crippen molar-refractivity contribution >= 4 is 29.2 Å². The van der Waals surface area contributed by atoms with Crippen molar-refractivity contribution in [3.63, 3.8) is 0 Å². The third-order valence-corrected chi connectivity index (χ3v) is 2.71. The number of aliphatic hydroxyl groups excluding tert-OH is 1. The summed E-state index contributed by atoms with van der Waals surface area (Å²) in [6.45, 7) is -0.0806. The summed E-state index contributed by atoms with van der Waals surface area (Å²) in [5.41, 5.74) is -0.379. The molecule has 0 aliphatic rings. The second-order valence-corrected chi connectivity index (χ2v) is 4.23. The van der Waals surface area contributed by atoms with E-state index in [-0.39, 0.29) is 23.6 Å². The van der Waals surface area contributed by atoms with E-state index < -0.39 is 28.6 Å². The van der Waals surface area contributed by atoms with Gasteiger partial charge in [0.15, 0.2) is 6.10 Å². The zero-order valence-corrected chi connectivity index (χ0v) is 10.8. The molecule has 1 aromatic rings. The number of carboxylic acid groups (broad SMARTS) is 1. The second-order valence-electron chi connectivity index (χ2n) is 3.82. The van der Waals surface area contributed by atoms with E-state index in [1.165, 1.54) is 12.1 Å². The van der Waals surface area contributed by atoms with Crippen molar-refractivity contribution in [2.24, 2.45) is 0 Å². The normalized spacial score (nSPS) is 11.7. The largest absolute Gasteiger partial charge is 0.479 e. The molecule has 9 heteroatoms. The number of halogens is 1. The Bertz CT molecular complexity index is 548. The van der Waals surface area contributed by atoms with Crippen LogP contribution in [0, 0.1) is 10.1 Å². The minimum atomic E-state index is -1.57. The quantitative estimate of drug-likeness (QED) is 0.526. The number of nitrogens with zero attached hydrogens (tertiary/aromatic N) is 1. The summed E-state index contributed by atoms with van der Waals surface area (Å²) in [7, 11) is 0. The first-order valence-electron chi connectivity index (χ1n) is 5.46. The van der Waals surface area contributed by atoms with Crippen molar-refractivity contribution in [3.8, 4) is 0 Å². The van der Waals surface area contributed by atoms with Gasteiger partial charge in [0.1, 0.15) is 5.02 Å². The van der Waals surface area contributed by atoms with Gasteiger partial charge in [0.25, 0.3) is 11.6 Å². The number of aliphatic hydroxyl groups is 1. The lowest BCUT2D eigenvalue weighted by molar-refractivity contribution is -0.384. The number of hydrogen-bond donors (Lipinski definition) is 3. The first-order chi connectivity index (χ1) is 9.32. The zero-order chi connectivity index (χ0) is 15.3. The van der Waals surface area contributed by atoms with Crippen molar-refractivity contribution in [3.05, 3.63) is 38.9 Å². The van der Waals surface area contributed by atoms with Crippen LogP contribution >= 0.6 is 11.6 Å². The maximum Gasteiger partial charge on any atom is 0.332 e. The topological polar surface area (TPSA) is 130 Å². The fraction of sp³-hybridized carbons (Fsp3) is 0.273. The Morgan fingerprint density at radius 2 is 2.10 bits per heavy atom. The van der Waals surface area contributed by atoms with E-state index in [4.69, 9.17) is 21.8 Å². The molecule has 0 bridgehead atoms. The zero-order valence-electron chi connectivity index (χ0n) is 10.1. The van der Waals surface area contributed by atoms with E-state index in [0.717, 1.165) is 6.07 Å². The van der Waals surface area contributed by atoms with Gasteiger partial charge in [-0.15, -0.1) is 0 Å². The minimum Gasteiger partial charge on any atom is -0.479 e. The van der Waals surface area contributed by atoms with Gasteiger partial charge in [0.2, 0.25) is 0 Å². The van der Waals surface area contributed by atoms with Crippen molar-refractivity contribution in [2.45, 2.75) is 12.5 Å². The highest BCUT2D eigenvalue weighted by Crippen LogP contribution is 2.24. The number of aliphatic carboxylic acids is 1. The van der Waals surface area contributed by atoms with E-state index in [1.807, 2.05) is 0 Å². The number of hydrogen-bond acceptors (Lipinski definition) is 5. The first-order valence-corrected chi connectivity index (χ1v) is 5.83. The maximum atomic E-state index is 11.7. The number of benzene rings is 1. The number of carbonyl (C=O) groups is 2.